The van der Waals surface area contributed by atoms with Gasteiger partial charge in [0.2, 0.25) is 0 Å². The second-order valence-electron chi connectivity index (χ2n) is 2.86. The van der Waals surface area contributed by atoms with Gasteiger partial charge in [0, 0.05) is 5.56 Å². The smallest absolute Gasteiger partial charge is 0.182 e. The highest BCUT2D eigenvalue weighted by molar-refractivity contribution is 5.29. The molecule has 0 aromatic heterocycles. The van der Waals surface area contributed by atoms with Crippen molar-refractivity contribution in [3.05, 3.63) is 35.4 Å². The molecule has 0 N–H and O–H groups in total. The van der Waals surface area contributed by atoms with Crippen LogP contribution in [0.1, 0.15) is 11.1 Å². The normalized spacial score (nSPS) is 18.3. The Balaban J connectivity index is 2.27. The molecular formula is C8H4F4N2. The minimum absolute atomic E-state index is 0.0190. The summed E-state index contributed by atoms with van der Waals surface area (Å²) in [6, 6.07) is 3.67. The molecule has 1 heterocycles. The van der Waals surface area contributed by atoms with Gasteiger partial charge in [-0.25, -0.2) is 0 Å². The molecule has 0 amide bonds. The van der Waals surface area contributed by atoms with Crippen LogP contribution in [0.5, 0.6) is 0 Å². The van der Waals surface area contributed by atoms with Gasteiger partial charge in [-0.05, 0) is 12.1 Å². The SMILES string of the molecule is FC(F)(F)c1ccc(C2(F)N=N2)cc1. The van der Waals surface area contributed by atoms with Gasteiger partial charge in [-0.1, -0.05) is 12.1 Å². The van der Waals surface area contributed by atoms with Crippen LogP contribution in [-0.4, -0.2) is 0 Å². The first-order valence-electron chi connectivity index (χ1n) is 3.72. The fourth-order valence-corrected chi connectivity index (χ4v) is 1.03. The van der Waals surface area contributed by atoms with E-state index in [1.165, 1.54) is 0 Å². The van der Waals surface area contributed by atoms with E-state index in [1.54, 1.807) is 0 Å². The molecule has 0 aliphatic carbocycles. The van der Waals surface area contributed by atoms with E-state index in [4.69, 9.17) is 0 Å². The predicted molar refractivity (Wildman–Crippen MR) is 39.1 cm³/mol. The van der Waals surface area contributed by atoms with Crippen molar-refractivity contribution in [1.82, 2.24) is 0 Å². The van der Waals surface area contributed by atoms with Crippen LogP contribution in [-0.2, 0) is 12.1 Å². The maximum Gasteiger partial charge on any atom is 0.416 e. The molecule has 1 aliphatic heterocycles. The molecular weight excluding hydrogens is 200 g/mol. The van der Waals surface area contributed by atoms with Gasteiger partial charge in [0.15, 0.2) is 0 Å². The van der Waals surface area contributed by atoms with E-state index in [9.17, 15) is 17.6 Å². The zero-order chi connectivity index (χ0) is 10.4. The molecule has 1 aliphatic rings. The lowest BCUT2D eigenvalue weighted by molar-refractivity contribution is -0.137. The molecule has 0 saturated heterocycles. The monoisotopic (exact) mass is 204 g/mol. The lowest BCUT2D eigenvalue weighted by Crippen LogP contribution is -2.06. The summed E-state index contributed by atoms with van der Waals surface area (Å²) in [7, 11) is 0. The second-order valence-corrected chi connectivity index (χ2v) is 2.86. The number of benzene rings is 1. The summed E-state index contributed by atoms with van der Waals surface area (Å²) in [5, 5.41) is 6.15. The molecule has 0 saturated carbocycles. The summed E-state index contributed by atoms with van der Waals surface area (Å²) in [6.07, 6.45) is -4.40. The highest BCUT2D eigenvalue weighted by Gasteiger charge is 2.42. The van der Waals surface area contributed by atoms with Crippen LogP contribution in [0.3, 0.4) is 0 Å². The van der Waals surface area contributed by atoms with Crippen molar-refractivity contribution in [2.75, 3.05) is 0 Å². The zero-order valence-corrected chi connectivity index (χ0v) is 6.72. The van der Waals surface area contributed by atoms with Crippen molar-refractivity contribution < 1.29 is 17.6 Å². The van der Waals surface area contributed by atoms with Crippen LogP contribution in [0, 0.1) is 0 Å². The van der Waals surface area contributed by atoms with Crippen LogP contribution in [0.2, 0.25) is 0 Å². The number of hydrogen-bond acceptors (Lipinski definition) is 2. The Morgan fingerprint density at radius 3 is 1.86 bits per heavy atom. The molecule has 74 valence electrons. The number of rotatable bonds is 1. The summed E-state index contributed by atoms with van der Waals surface area (Å²) in [5.41, 5.74) is -0.795. The van der Waals surface area contributed by atoms with E-state index in [1.807, 2.05) is 0 Å². The van der Waals surface area contributed by atoms with Gasteiger partial charge in [-0.15, -0.1) is 10.2 Å². The van der Waals surface area contributed by atoms with Gasteiger partial charge in [-0.2, -0.15) is 17.6 Å². The average Bonchev–Trinajstić information content (AvgIpc) is 2.84. The van der Waals surface area contributed by atoms with E-state index in [2.05, 4.69) is 10.2 Å². The quantitative estimate of drug-likeness (QED) is 0.495. The van der Waals surface area contributed by atoms with Crippen molar-refractivity contribution in [2.24, 2.45) is 10.2 Å². The molecule has 0 bridgehead atoms. The lowest BCUT2D eigenvalue weighted by Gasteiger charge is -2.07. The largest absolute Gasteiger partial charge is 0.416 e. The third-order valence-electron chi connectivity index (χ3n) is 1.86. The lowest BCUT2D eigenvalue weighted by atomic mass is 10.1. The minimum atomic E-state index is -4.40. The fourth-order valence-electron chi connectivity index (χ4n) is 1.03. The zero-order valence-electron chi connectivity index (χ0n) is 6.72. The maximum atomic E-state index is 13.0. The van der Waals surface area contributed by atoms with Crippen molar-refractivity contribution in [2.45, 2.75) is 12.1 Å². The van der Waals surface area contributed by atoms with Crippen molar-refractivity contribution in [3.63, 3.8) is 0 Å². The Morgan fingerprint density at radius 2 is 1.50 bits per heavy atom. The van der Waals surface area contributed by atoms with Crippen LogP contribution in [0.4, 0.5) is 17.6 Å². The molecule has 1 aromatic carbocycles. The molecule has 2 rings (SSSR count). The first-order valence-corrected chi connectivity index (χ1v) is 3.72. The van der Waals surface area contributed by atoms with Gasteiger partial charge >= 0.3 is 12.1 Å². The molecule has 14 heavy (non-hydrogen) atoms. The Bertz CT molecular complexity index is 349. The summed E-state index contributed by atoms with van der Waals surface area (Å²) < 4.78 is 49.3. The second kappa shape index (κ2) is 2.52. The van der Waals surface area contributed by atoms with Crippen LogP contribution >= 0.6 is 0 Å². The Morgan fingerprint density at radius 1 is 1.00 bits per heavy atom. The molecule has 2 nitrogen and oxygen atoms in total. The topological polar surface area (TPSA) is 24.7 Å². The van der Waals surface area contributed by atoms with E-state index in [0.29, 0.717) is 0 Å². The van der Waals surface area contributed by atoms with Crippen molar-refractivity contribution in [3.8, 4) is 0 Å². The summed E-state index contributed by atoms with van der Waals surface area (Å²) in [5.74, 6) is -2.11. The first-order chi connectivity index (χ1) is 6.42. The standard InChI is InChI=1S/C8H4F4N2/c9-7(10,11)5-1-3-6(4-2-5)8(12)13-14-8/h1-4H. The molecule has 0 radical (unpaired) electrons. The maximum absolute atomic E-state index is 13.0. The summed E-state index contributed by atoms with van der Waals surface area (Å²) in [4.78, 5) is 0. The Hall–Kier alpha value is -1.46. The van der Waals surface area contributed by atoms with Crippen LogP contribution in [0.25, 0.3) is 0 Å². The fraction of sp³-hybridized carbons (Fsp3) is 0.250. The van der Waals surface area contributed by atoms with Gasteiger partial charge in [0.1, 0.15) is 0 Å². The van der Waals surface area contributed by atoms with Gasteiger partial charge < -0.3 is 0 Å². The van der Waals surface area contributed by atoms with Gasteiger partial charge in [0.25, 0.3) is 0 Å². The first kappa shape index (κ1) is 9.11. The third kappa shape index (κ3) is 1.47. The van der Waals surface area contributed by atoms with E-state index in [0.717, 1.165) is 24.3 Å². The van der Waals surface area contributed by atoms with E-state index < -0.39 is 17.7 Å². The highest BCUT2D eigenvalue weighted by atomic mass is 19.4. The summed E-state index contributed by atoms with van der Waals surface area (Å²) >= 11 is 0. The number of hydrogen-bond donors (Lipinski definition) is 0. The third-order valence-corrected chi connectivity index (χ3v) is 1.86. The molecule has 0 unspecified atom stereocenters. The molecule has 0 atom stereocenters. The molecule has 0 spiro atoms. The minimum Gasteiger partial charge on any atom is -0.182 e. The number of halogens is 4. The van der Waals surface area contributed by atoms with Gasteiger partial charge in [-0.3, -0.25) is 0 Å². The number of nitrogens with zero attached hydrogens (tertiary/aromatic N) is 2. The Kier molecular flexibility index (Phi) is 1.64. The predicted octanol–water partition coefficient (Wildman–Crippen LogP) is 3.25. The Labute approximate surface area is 76.3 Å². The molecule has 0 fully saturated rings. The summed E-state index contributed by atoms with van der Waals surface area (Å²) in [6.45, 7) is 0. The van der Waals surface area contributed by atoms with E-state index in [-0.39, 0.29) is 5.56 Å². The molecule has 1 aromatic rings. The number of alkyl halides is 4. The average molecular weight is 204 g/mol. The highest BCUT2D eigenvalue weighted by Crippen LogP contribution is 2.41. The van der Waals surface area contributed by atoms with Crippen molar-refractivity contribution >= 4 is 0 Å². The van der Waals surface area contributed by atoms with E-state index >= 15 is 0 Å². The molecule has 6 heteroatoms. The van der Waals surface area contributed by atoms with Crippen molar-refractivity contribution in [1.29, 1.82) is 0 Å². The van der Waals surface area contributed by atoms with Crippen LogP contribution in [0.15, 0.2) is 34.5 Å². The van der Waals surface area contributed by atoms with Crippen LogP contribution < -0.4 is 0 Å². The van der Waals surface area contributed by atoms with Gasteiger partial charge in [0.05, 0.1) is 5.56 Å².